The highest BCUT2D eigenvalue weighted by atomic mass is 16.6. The van der Waals surface area contributed by atoms with E-state index in [0.717, 1.165) is 17.7 Å². The molecule has 2 rings (SSSR count). The minimum Gasteiger partial charge on any atom is -0.366 e. The molecule has 3 N–H and O–H groups in total. The number of nitrogens with two attached hydrogens (primary N) is 1. The topological polar surface area (TPSA) is 115 Å². The summed E-state index contributed by atoms with van der Waals surface area (Å²) in [6.07, 6.45) is 0. The molecule has 0 aromatic heterocycles. The van der Waals surface area contributed by atoms with Crippen LogP contribution in [0.2, 0.25) is 0 Å². The van der Waals surface area contributed by atoms with Gasteiger partial charge >= 0.3 is 0 Å². The number of nitro groups is 1. The predicted octanol–water partition coefficient (Wildman–Crippen LogP) is 3.24. The molecule has 2 amide bonds. The number of carbonyl (C=O) groups is 2. The highest BCUT2D eigenvalue weighted by molar-refractivity contribution is 6.09. The van der Waals surface area contributed by atoms with E-state index in [2.05, 4.69) is 26.1 Å². The molecule has 0 spiro atoms. The standard InChI is InChI=1S/C18H19N3O4/c1-18(2,3)12-6-4-11(5-7-12)17(23)20-15-10-13(21(24)25)8-9-14(15)16(19)22/h4-10H,1-3H3,(H2,19,22)(H,20,23). The van der Waals surface area contributed by atoms with Crippen molar-refractivity contribution in [3.63, 3.8) is 0 Å². The van der Waals surface area contributed by atoms with Crippen LogP contribution in [-0.4, -0.2) is 16.7 Å². The van der Waals surface area contributed by atoms with Crippen molar-refractivity contribution in [3.05, 3.63) is 69.3 Å². The van der Waals surface area contributed by atoms with Crippen LogP contribution in [-0.2, 0) is 5.41 Å². The minimum absolute atomic E-state index is 0.00487. The lowest BCUT2D eigenvalue weighted by Crippen LogP contribution is -2.19. The maximum Gasteiger partial charge on any atom is 0.271 e. The van der Waals surface area contributed by atoms with Crippen LogP contribution in [0.1, 0.15) is 47.1 Å². The Balaban J connectivity index is 2.32. The summed E-state index contributed by atoms with van der Waals surface area (Å²) in [6, 6.07) is 10.5. The van der Waals surface area contributed by atoms with Crippen LogP contribution in [0.25, 0.3) is 0 Å². The molecule has 130 valence electrons. The van der Waals surface area contributed by atoms with Crippen LogP contribution in [0.15, 0.2) is 42.5 Å². The van der Waals surface area contributed by atoms with Gasteiger partial charge < -0.3 is 11.1 Å². The Morgan fingerprint density at radius 2 is 1.68 bits per heavy atom. The Morgan fingerprint density at radius 3 is 2.16 bits per heavy atom. The molecule has 0 saturated carbocycles. The Morgan fingerprint density at radius 1 is 1.08 bits per heavy atom. The monoisotopic (exact) mass is 341 g/mol. The van der Waals surface area contributed by atoms with Gasteiger partial charge in [0.05, 0.1) is 16.2 Å². The van der Waals surface area contributed by atoms with Crippen molar-refractivity contribution in [2.45, 2.75) is 26.2 Å². The number of amides is 2. The highest BCUT2D eigenvalue weighted by Gasteiger charge is 2.18. The van der Waals surface area contributed by atoms with Gasteiger partial charge in [-0.2, -0.15) is 0 Å². The van der Waals surface area contributed by atoms with Gasteiger partial charge in [0.2, 0.25) is 0 Å². The van der Waals surface area contributed by atoms with E-state index in [1.54, 1.807) is 12.1 Å². The predicted molar refractivity (Wildman–Crippen MR) is 94.7 cm³/mol. The number of benzene rings is 2. The Hall–Kier alpha value is -3.22. The Bertz CT molecular complexity index is 836. The molecule has 0 saturated heterocycles. The SMILES string of the molecule is CC(C)(C)c1ccc(C(=O)Nc2cc([N+](=O)[O-])ccc2C(N)=O)cc1. The van der Waals surface area contributed by atoms with Crippen LogP contribution in [0.3, 0.4) is 0 Å². The lowest BCUT2D eigenvalue weighted by molar-refractivity contribution is -0.384. The van der Waals surface area contributed by atoms with Gasteiger partial charge in [-0.05, 0) is 29.2 Å². The smallest absolute Gasteiger partial charge is 0.271 e. The number of hydrogen-bond acceptors (Lipinski definition) is 4. The number of rotatable bonds is 4. The zero-order valence-corrected chi connectivity index (χ0v) is 14.2. The van der Waals surface area contributed by atoms with E-state index in [-0.39, 0.29) is 22.4 Å². The van der Waals surface area contributed by atoms with Crippen LogP contribution in [0, 0.1) is 10.1 Å². The zero-order chi connectivity index (χ0) is 18.8. The third kappa shape index (κ3) is 4.20. The molecule has 0 aliphatic heterocycles. The van der Waals surface area contributed by atoms with Crippen molar-refractivity contribution in [1.82, 2.24) is 0 Å². The third-order valence-corrected chi connectivity index (χ3v) is 3.74. The maximum atomic E-state index is 12.4. The maximum absolute atomic E-state index is 12.4. The van der Waals surface area contributed by atoms with Gasteiger partial charge in [0.15, 0.2) is 0 Å². The number of non-ortho nitro benzene ring substituents is 1. The molecule has 0 aliphatic carbocycles. The number of nitrogens with zero attached hydrogens (tertiary/aromatic N) is 1. The fourth-order valence-electron chi connectivity index (χ4n) is 2.28. The van der Waals surface area contributed by atoms with Gasteiger partial charge in [0, 0.05) is 17.7 Å². The molecule has 0 fully saturated rings. The van der Waals surface area contributed by atoms with Crippen LogP contribution in [0.4, 0.5) is 11.4 Å². The average molecular weight is 341 g/mol. The average Bonchev–Trinajstić information content (AvgIpc) is 2.53. The second-order valence-corrected chi connectivity index (χ2v) is 6.63. The summed E-state index contributed by atoms with van der Waals surface area (Å²) >= 11 is 0. The molecule has 0 bridgehead atoms. The lowest BCUT2D eigenvalue weighted by atomic mass is 9.86. The summed E-state index contributed by atoms with van der Waals surface area (Å²) in [5.41, 5.74) is 6.42. The summed E-state index contributed by atoms with van der Waals surface area (Å²) in [4.78, 5) is 34.2. The number of carbonyl (C=O) groups excluding carboxylic acids is 2. The van der Waals surface area contributed by atoms with E-state index >= 15 is 0 Å². The highest BCUT2D eigenvalue weighted by Crippen LogP contribution is 2.25. The number of primary amides is 1. The Labute approximate surface area is 145 Å². The summed E-state index contributed by atoms with van der Waals surface area (Å²) in [6.45, 7) is 6.18. The quantitative estimate of drug-likeness (QED) is 0.656. The van der Waals surface area contributed by atoms with Crippen molar-refractivity contribution >= 4 is 23.2 Å². The van der Waals surface area contributed by atoms with E-state index in [9.17, 15) is 19.7 Å². The molecule has 25 heavy (non-hydrogen) atoms. The zero-order valence-electron chi connectivity index (χ0n) is 14.2. The molecule has 0 unspecified atom stereocenters. The Kier molecular flexibility index (Phi) is 4.87. The van der Waals surface area contributed by atoms with E-state index < -0.39 is 16.7 Å². The van der Waals surface area contributed by atoms with Crippen molar-refractivity contribution in [1.29, 1.82) is 0 Å². The summed E-state index contributed by atoms with van der Waals surface area (Å²) in [7, 11) is 0. The second-order valence-electron chi connectivity index (χ2n) is 6.63. The normalized spacial score (nSPS) is 11.0. The number of anilines is 1. The van der Waals surface area contributed by atoms with Gasteiger partial charge in [-0.1, -0.05) is 32.9 Å². The van der Waals surface area contributed by atoms with E-state index in [0.29, 0.717) is 5.56 Å². The third-order valence-electron chi connectivity index (χ3n) is 3.74. The largest absolute Gasteiger partial charge is 0.366 e. The van der Waals surface area contributed by atoms with E-state index in [1.165, 1.54) is 6.07 Å². The lowest BCUT2D eigenvalue weighted by Gasteiger charge is -2.19. The van der Waals surface area contributed by atoms with Gasteiger partial charge in [-0.15, -0.1) is 0 Å². The summed E-state index contributed by atoms with van der Waals surface area (Å²) in [5, 5.41) is 13.4. The van der Waals surface area contributed by atoms with Crippen LogP contribution < -0.4 is 11.1 Å². The number of nitro benzene ring substituents is 1. The van der Waals surface area contributed by atoms with Gasteiger partial charge in [0.25, 0.3) is 17.5 Å². The van der Waals surface area contributed by atoms with Crippen molar-refractivity contribution in [3.8, 4) is 0 Å². The molecule has 0 radical (unpaired) electrons. The number of hydrogen-bond donors (Lipinski definition) is 2. The molecule has 0 atom stereocenters. The summed E-state index contributed by atoms with van der Waals surface area (Å²) < 4.78 is 0. The van der Waals surface area contributed by atoms with Crippen molar-refractivity contribution < 1.29 is 14.5 Å². The van der Waals surface area contributed by atoms with E-state index in [4.69, 9.17) is 5.73 Å². The molecular weight excluding hydrogens is 322 g/mol. The summed E-state index contributed by atoms with van der Waals surface area (Å²) in [5.74, 6) is -1.27. The first-order valence-corrected chi connectivity index (χ1v) is 7.60. The molecule has 7 nitrogen and oxygen atoms in total. The van der Waals surface area contributed by atoms with Gasteiger partial charge in [-0.25, -0.2) is 0 Å². The molecule has 2 aromatic rings. The van der Waals surface area contributed by atoms with Crippen molar-refractivity contribution in [2.75, 3.05) is 5.32 Å². The molecule has 2 aromatic carbocycles. The van der Waals surface area contributed by atoms with Gasteiger partial charge in [-0.3, -0.25) is 19.7 Å². The molecule has 7 heteroatoms. The van der Waals surface area contributed by atoms with Crippen LogP contribution >= 0.6 is 0 Å². The fourth-order valence-corrected chi connectivity index (χ4v) is 2.28. The first kappa shape index (κ1) is 18.1. The molecular formula is C18H19N3O4. The van der Waals surface area contributed by atoms with Crippen molar-refractivity contribution in [2.24, 2.45) is 5.73 Å². The van der Waals surface area contributed by atoms with Gasteiger partial charge in [0.1, 0.15) is 0 Å². The number of nitrogens with one attached hydrogen (secondary N) is 1. The molecule has 0 heterocycles. The second kappa shape index (κ2) is 6.72. The first-order chi connectivity index (χ1) is 11.6. The fraction of sp³-hybridized carbons (Fsp3) is 0.222. The van der Waals surface area contributed by atoms with E-state index in [1.807, 2.05) is 12.1 Å². The minimum atomic E-state index is -0.784. The van der Waals surface area contributed by atoms with Crippen LogP contribution in [0.5, 0.6) is 0 Å². The molecule has 0 aliphatic rings. The first-order valence-electron chi connectivity index (χ1n) is 7.60.